The summed E-state index contributed by atoms with van der Waals surface area (Å²) < 4.78 is 6.21. The Morgan fingerprint density at radius 1 is 0.941 bits per heavy atom. The van der Waals surface area contributed by atoms with Crippen molar-refractivity contribution in [2.75, 3.05) is 0 Å². The number of halogens is 1. The van der Waals surface area contributed by atoms with Gasteiger partial charge in [-0.25, -0.2) is 0 Å². The van der Waals surface area contributed by atoms with Crippen LogP contribution in [0.1, 0.15) is 5.56 Å². The highest BCUT2D eigenvalue weighted by Gasteiger charge is 2.02. The second kappa shape index (κ2) is 5.82. The van der Waals surface area contributed by atoms with Crippen molar-refractivity contribution in [2.24, 2.45) is 0 Å². The fourth-order valence-electron chi connectivity index (χ4n) is 1.40. The first-order valence-corrected chi connectivity index (χ1v) is 6.31. The van der Waals surface area contributed by atoms with Gasteiger partial charge in [0.1, 0.15) is 6.61 Å². The molecule has 0 aromatic heterocycles. The summed E-state index contributed by atoms with van der Waals surface area (Å²) in [7, 11) is 0. The van der Waals surface area contributed by atoms with Crippen LogP contribution in [0.5, 0.6) is 5.75 Å². The number of hydrogen-bond donors (Lipinski definition) is 0. The third kappa shape index (κ3) is 3.30. The SMILES string of the molecule is O=c1c(I)ccccc1OCc1ccccc1. The molecule has 86 valence electrons. The van der Waals surface area contributed by atoms with E-state index in [4.69, 9.17) is 4.74 Å². The van der Waals surface area contributed by atoms with Crippen LogP contribution in [0.25, 0.3) is 0 Å². The largest absolute Gasteiger partial charge is 0.485 e. The molecule has 0 saturated heterocycles. The summed E-state index contributed by atoms with van der Waals surface area (Å²) >= 11 is 2.02. The first-order valence-electron chi connectivity index (χ1n) is 5.23. The van der Waals surface area contributed by atoms with Gasteiger partial charge in [-0.2, -0.15) is 0 Å². The molecule has 0 bridgehead atoms. The van der Waals surface area contributed by atoms with Gasteiger partial charge in [0.15, 0.2) is 5.75 Å². The van der Waals surface area contributed by atoms with E-state index >= 15 is 0 Å². The summed E-state index contributed by atoms with van der Waals surface area (Å²) in [6.45, 7) is 0.413. The average molecular weight is 338 g/mol. The molecule has 0 atom stereocenters. The van der Waals surface area contributed by atoms with E-state index in [1.165, 1.54) is 0 Å². The van der Waals surface area contributed by atoms with Crippen LogP contribution in [0.15, 0.2) is 59.4 Å². The molecule has 0 amide bonds. The zero-order valence-electron chi connectivity index (χ0n) is 9.10. The van der Waals surface area contributed by atoms with E-state index in [-0.39, 0.29) is 5.43 Å². The Labute approximate surface area is 113 Å². The van der Waals surface area contributed by atoms with E-state index in [2.05, 4.69) is 0 Å². The minimum atomic E-state index is -0.0634. The molecule has 3 heteroatoms. The summed E-state index contributed by atoms with van der Waals surface area (Å²) in [5.41, 5.74) is 0.986. The Kier molecular flexibility index (Phi) is 4.14. The molecular formula is C14H11IO2. The van der Waals surface area contributed by atoms with Gasteiger partial charge in [0.25, 0.3) is 0 Å². The highest BCUT2D eigenvalue weighted by atomic mass is 127. The van der Waals surface area contributed by atoms with Gasteiger partial charge in [-0.1, -0.05) is 42.5 Å². The predicted molar refractivity (Wildman–Crippen MR) is 76.2 cm³/mol. The maximum Gasteiger partial charge on any atom is 0.233 e. The quantitative estimate of drug-likeness (QED) is 0.804. The van der Waals surface area contributed by atoms with Crippen molar-refractivity contribution in [3.63, 3.8) is 0 Å². The predicted octanol–water partition coefficient (Wildman–Crippen LogP) is 3.23. The molecule has 0 unspecified atom stereocenters. The second-order valence-electron chi connectivity index (χ2n) is 3.53. The highest BCUT2D eigenvalue weighted by Crippen LogP contribution is 2.08. The summed E-state index contributed by atoms with van der Waals surface area (Å²) in [6.07, 6.45) is 0. The third-order valence-electron chi connectivity index (χ3n) is 2.28. The Morgan fingerprint density at radius 3 is 2.35 bits per heavy atom. The molecule has 2 nitrogen and oxygen atoms in total. The van der Waals surface area contributed by atoms with Gasteiger partial charge in [-0.3, -0.25) is 4.79 Å². The molecular weight excluding hydrogens is 327 g/mol. The summed E-state index contributed by atoms with van der Waals surface area (Å²) in [5, 5.41) is 0. The lowest BCUT2D eigenvalue weighted by molar-refractivity contribution is 0.303. The van der Waals surface area contributed by atoms with Crippen LogP contribution in [0.2, 0.25) is 0 Å². The molecule has 0 saturated carbocycles. The van der Waals surface area contributed by atoms with Crippen molar-refractivity contribution in [3.8, 4) is 5.75 Å². The molecule has 0 spiro atoms. The zero-order chi connectivity index (χ0) is 12.1. The van der Waals surface area contributed by atoms with Crippen LogP contribution in [0.3, 0.4) is 0 Å². The van der Waals surface area contributed by atoms with E-state index in [1.54, 1.807) is 12.1 Å². The van der Waals surface area contributed by atoms with Crippen LogP contribution < -0.4 is 10.2 Å². The van der Waals surface area contributed by atoms with Crippen LogP contribution in [-0.2, 0) is 6.61 Å². The van der Waals surface area contributed by atoms with Crippen molar-refractivity contribution < 1.29 is 4.74 Å². The van der Waals surface area contributed by atoms with Crippen molar-refractivity contribution in [1.29, 1.82) is 0 Å². The fraction of sp³-hybridized carbons (Fsp3) is 0.0714. The summed E-state index contributed by atoms with van der Waals surface area (Å²) in [4.78, 5) is 11.9. The number of ether oxygens (including phenoxy) is 1. The zero-order valence-corrected chi connectivity index (χ0v) is 11.3. The summed E-state index contributed by atoms with van der Waals surface area (Å²) in [6, 6.07) is 16.9. The lowest BCUT2D eigenvalue weighted by Crippen LogP contribution is -2.07. The van der Waals surface area contributed by atoms with E-state index in [9.17, 15) is 4.79 Å². The monoisotopic (exact) mass is 338 g/mol. The van der Waals surface area contributed by atoms with Gasteiger partial charge >= 0.3 is 0 Å². The van der Waals surface area contributed by atoms with Crippen LogP contribution >= 0.6 is 22.6 Å². The molecule has 2 rings (SSSR count). The standard InChI is InChI=1S/C14H11IO2/c15-12-8-4-5-9-13(14(12)16)17-10-11-6-2-1-3-7-11/h1-9H,10H2. The van der Waals surface area contributed by atoms with Crippen molar-refractivity contribution >= 4 is 22.6 Å². The molecule has 0 aliphatic carbocycles. The lowest BCUT2D eigenvalue weighted by Gasteiger charge is -2.03. The number of hydrogen-bond acceptors (Lipinski definition) is 2. The van der Waals surface area contributed by atoms with Gasteiger partial charge in [0, 0.05) is 0 Å². The van der Waals surface area contributed by atoms with Gasteiger partial charge < -0.3 is 4.74 Å². The van der Waals surface area contributed by atoms with Crippen LogP contribution in [0, 0.1) is 3.57 Å². The minimum absolute atomic E-state index is 0.0634. The van der Waals surface area contributed by atoms with E-state index in [0.717, 1.165) is 5.56 Å². The minimum Gasteiger partial charge on any atom is -0.485 e. The molecule has 17 heavy (non-hydrogen) atoms. The Morgan fingerprint density at radius 2 is 1.59 bits per heavy atom. The Balaban J connectivity index is 2.19. The van der Waals surface area contributed by atoms with Crippen LogP contribution in [0.4, 0.5) is 0 Å². The average Bonchev–Trinajstić information content (AvgIpc) is 2.52. The van der Waals surface area contributed by atoms with Crippen LogP contribution in [-0.4, -0.2) is 0 Å². The molecule has 0 N–H and O–H groups in total. The molecule has 2 aromatic carbocycles. The molecule has 0 aliphatic rings. The first kappa shape index (κ1) is 12.1. The number of benzene rings is 1. The lowest BCUT2D eigenvalue weighted by atomic mass is 10.2. The maximum atomic E-state index is 11.9. The van der Waals surface area contributed by atoms with Gasteiger partial charge in [-0.05, 0) is 40.3 Å². The van der Waals surface area contributed by atoms with Gasteiger partial charge in [0.05, 0.1) is 3.57 Å². The van der Waals surface area contributed by atoms with Gasteiger partial charge in [-0.15, -0.1) is 0 Å². The van der Waals surface area contributed by atoms with Gasteiger partial charge in [0.2, 0.25) is 5.43 Å². The normalized spacial score (nSPS) is 9.94. The third-order valence-corrected chi connectivity index (χ3v) is 3.13. The van der Waals surface area contributed by atoms with E-state index in [0.29, 0.717) is 15.9 Å². The molecule has 0 radical (unpaired) electrons. The van der Waals surface area contributed by atoms with E-state index < -0.39 is 0 Å². The highest BCUT2D eigenvalue weighted by molar-refractivity contribution is 14.1. The fourth-order valence-corrected chi connectivity index (χ4v) is 1.87. The summed E-state index contributed by atoms with van der Waals surface area (Å²) in [5.74, 6) is 0.392. The Bertz CT molecular complexity index is 552. The topological polar surface area (TPSA) is 26.3 Å². The van der Waals surface area contributed by atoms with Crippen molar-refractivity contribution in [2.45, 2.75) is 6.61 Å². The first-order chi connectivity index (χ1) is 8.27. The van der Waals surface area contributed by atoms with Crippen molar-refractivity contribution in [1.82, 2.24) is 0 Å². The second-order valence-corrected chi connectivity index (χ2v) is 4.70. The van der Waals surface area contributed by atoms with Crippen molar-refractivity contribution in [3.05, 3.63) is 74.0 Å². The Hall–Kier alpha value is -1.36. The molecule has 0 heterocycles. The molecule has 2 aromatic rings. The van der Waals surface area contributed by atoms with E-state index in [1.807, 2.05) is 65.1 Å². The number of rotatable bonds is 3. The molecule has 0 aliphatic heterocycles. The smallest absolute Gasteiger partial charge is 0.233 e. The maximum absolute atomic E-state index is 11.9. The molecule has 0 fully saturated rings.